The summed E-state index contributed by atoms with van der Waals surface area (Å²) in [5.41, 5.74) is 0. The number of likely N-dealkylation sites (tertiary alicyclic amines) is 1. The normalized spacial score (nSPS) is 22.5. The highest BCUT2D eigenvalue weighted by molar-refractivity contribution is 5.79. The van der Waals surface area contributed by atoms with Crippen LogP contribution in [0.3, 0.4) is 0 Å². The molecule has 1 heterocycles. The Morgan fingerprint density at radius 3 is 2.57 bits per heavy atom. The first kappa shape index (κ1) is 11.0. The standard InChI is InChI=1S/C10H17NO3/c1-7(2)9(12)11-5-3-4-8(6-11)10(13)14/h7-8H,3-6H2,1-2H3,(H,13,14)/t8-/m0/s1. The molecule has 4 nitrogen and oxygen atoms in total. The summed E-state index contributed by atoms with van der Waals surface area (Å²) in [6.07, 6.45) is 1.49. The number of carbonyl (C=O) groups is 2. The summed E-state index contributed by atoms with van der Waals surface area (Å²) in [5, 5.41) is 8.84. The molecule has 0 radical (unpaired) electrons. The van der Waals surface area contributed by atoms with Crippen molar-refractivity contribution in [3.8, 4) is 0 Å². The van der Waals surface area contributed by atoms with Crippen LogP contribution in [0.2, 0.25) is 0 Å². The van der Waals surface area contributed by atoms with E-state index >= 15 is 0 Å². The van der Waals surface area contributed by atoms with Crippen LogP contribution in [-0.2, 0) is 9.59 Å². The van der Waals surface area contributed by atoms with Gasteiger partial charge in [0, 0.05) is 19.0 Å². The van der Waals surface area contributed by atoms with E-state index in [4.69, 9.17) is 5.11 Å². The fraction of sp³-hybridized carbons (Fsp3) is 0.800. The molecule has 0 bridgehead atoms. The van der Waals surface area contributed by atoms with Crippen LogP contribution in [0.15, 0.2) is 0 Å². The first-order valence-corrected chi connectivity index (χ1v) is 5.04. The molecular weight excluding hydrogens is 182 g/mol. The Kier molecular flexibility index (Phi) is 3.49. The summed E-state index contributed by atoms with van der Waals surface area (Å²) in [4.78, 5) is 24.0. The van der Waals surface area contributed by atoms with Crippen molar-refractivity contribution in [2.45, 2.75) is 26.7 Å². The lowest BCUT2D eigenvalue weighted by atomic mass is 9.97. The molecule has 0 aromatic heterocycles. The van der Waals surface area contributed by atoms with Crippen molar-refractivity contribution < 1.29 is 14.7 Å². The quantitative estimate of drug-likeness (QED) is 0.720. The highest BCUT2D eigenvalue weighted by Crippen LogP contribution is 2.18. The number of carboxylic acid groups (broad SMARTS) is 1. The lowest BCUT2D eigenvalue weighted by Crippen LogP contribution is -2.43. The van der Waals surface area contributed by atoms with Crippen molar-refractivity contribution in [2.24, 2.45) is 11.8 Å². The molecular formula is C10H17NO3. The van der Waals surface area contributed by atoms with Gasteiger partial charge in [0.15, 0.2) is 0 Å². The Morgan fingerprint density at radius 1 is 1.43 bits per heavy atom. The van der Waals surface area contributed by atoms with Gasteiger partial charge in [-0.3, -0.25) is 9.59 Å². The Hall–Kier alpha value is -1.06. The Morgan fingerprint density at radius 2 is 2.07 bits per heavy atom. The van der Waals surface area contributed by atoms with E-state index in [9.17, 15) is 9.59 Å². The number of hydrogen-bond acceptors (Lipinski definition) is 2. The maximum absolute atomic E-state index is 11.6. The Bertz CT molecular complexity index is 238. The first-order valence-electron chi connectivity index (χ1n) is 5.04. The smallest absolute Gasteiger partial charge is 0.308 e. The second-order valence-corrected chi connectivity index (χ2v) is 4.12. The molecule has 1 aliphatic rings. The molecule has 0 unspecified atom stereocenters. The van der Waals surface area contributed by atoms with Gasteiger partial charge < -0.3 is 10.0 Å². The molecule has 4 heteroatoms. The Balaban J connectivity index is 2.56. The van der Waals surface area contributed by atoms with E-state index < -0.39 is 5.97 Å². The third-order valence-electron chi connectivity index (χ3n) is 2.58. The minimum absolute atomic E-state index is 0.0393. The number of carboxylic acids is 1. The van der Waals surface area contributed by atoms with E-state index in [1.165, 1.54) is 0 Å². The molecule has 1 atom stereocenters. The van der Waals surface area contributed by atoms with Crippen LogP contribution >= 0.6 is 0 Å². The summed E-state index contributed by atoms with van der Waals surface area (Å²) in [7, 11) is 0. The van der Waals surface area contributed by atoms with Crippen molar-refractivity contribution in [3.05, 3.63) is 0 Å². The fourth-order valence-corrected chi connectivity index (χ4v) is 1.74. The van der Waals surface area contributed by atoms with Gasteiger partial charge in [0.1, 0.15) is 0 Å². The second-order valence-electron chi connectivity index (χ2n) is 4.12. The van der Waals surface area contributed by atoms with Gasteiger partial charge >= 0.3 is 5.97 Å². The molecule has 1 rings (SSSR count). The van der Waals surface area contributed by atoms with Crippen molar-refractivity contribution >= 4 is 11.9 Å². The van der Waals surface area contributed by atoms with Crippen molar-refractivity contribution in [1.29, 1.82) is 0 Å². The van der Waals surface area contributed by atoms with E-state index in [2.05, 4.69) is 0 Å². The topological polar surface area (TPSA) is 57.6 Å². The van der Waals surface area contributed by atoms with Gasteiger partial charge in [0.2, 0.25) is 5.91 Å². The molecule has 80 valence electrons. The van der Waals surface area contributed by atoms with Gasteiger partial charge in [-0.25, -0.2) is 0 Å². The van der Waals surface area contributed by atoms with Crippen molar-refractivity contribution in [2.75, 3.05) is 13.1 Å². The fourth-order valence-electron chi connectivity index (χ4n) is 1.74. The van der Waals surface area contributed by atoms with E-state index in [1.807, 2.05) is 13.8 Å². The van der Waals surface area contributed by atoms with Gasteiger partial charge in [-0.05, 0) is 12.8 Å². The average Bonchev–Trinajstić information content (AvgIpc) is 2.16. The van der Waals surface area contributed by atoms with Gasteiger partial charge in [0.25, 0.3) is 0 Å². The number of amides is 1. The summed E-state index contributed by atoms with van der Waals surface area (Å²) in [5.74, 6) is -1.13. The zero-order valence-electron chi connectivity index (χ0n) is 8.69. The van der Waals surface area contributed by atoms with Crippen LogP contribution in [-0.4, -0.2) is 35.0 Å². The van der Waals surface area contributed by atoms with Crippen LogP contribution in [0.5, 0.6) is 0 Å². The zero-order valence-corrected chi connectivity index (χ0v) is 8.69. The van der Waals surface area contributed by atoms with Crippen LogP contribution in [0.1, 0.15) is 26.7 Å². The predicted octanol–water partition coefficient (Wildman–Crippen LogP) is 0.966. The lowest BCUT2D eigenvalue weighted by molar-refractivity contribution is -0.146. The third-order valence-corrected chi connectivity index (χ3v) is 2.58. The van der Waals surface area contributed by atoms with Crippen LogP contribution < -0.4 is 0 Å². The van der Waals surface area contributed by atoms with Crippen LogP contribution in [0, 0.1) is 11.8 Å². The number of carbonyl (C=O) groups excluding carboxylic acids is 1. The van der Waals surface area contributed by atoms with Gasteiger partial charge in [-0.15, -0.1) is 0 Å². The molecule has 0 aromatic rings. The average molecular weight is 199 g/mol. The largest absolute Gasteiger partial charge is 0.481 e. The molecule has 0 saturated carbocycles. The number of hydrogen-bond donors (Lipinski definition) is 1. The molecule has 1 N–H and O–H groups in total. The number of aliphatic carboxylic acids is 1. The second kappa shape index (κ2) is 4.44. The minimum Gasteiger partial charge on any atom is -0.481 e. The molecule has 1 saturated heterocycles. The van der Waals surface area contributed by atoms with Gasteiger partial charge in [-0.2, -0.15) is 0 Å². The van der Waals surface area contributed by atoms with Crippen molar-refractivity contribution in [3.63, 3.8) is 0 Å². The maximum Gasteiger partial charge on any atom is 0.308 e. The minimum atomic E-state index is -0.786. The number of nitrogens with zero attached hydrogens (tertiary/aromatic N) is 1. The summed E-state index contributed by atoms with van der Waals surface area (Å²) in [6, 6.07) is 0. The van der Waals surface area contributed by atoms with Gasteiger partial charge in [0.05, 0.1) is 5.92 Å². The molecule has 1 amide bonds. The van der Waals surface area contributed by atoms with E-state index in [1.54, 1.807) is 4.90 Å². The lowest BCUT2D eigenvalue weighted by Gasteiger charge is -2.31. The SMILES string of the molecule is CC(C)C(=O)N1CCC[C@H](C(=O)O)C1. The Labute approximate surface area is 83.9 Å². The number of rotatable bonds is 2. The first-order chi connectivity index (χ1) is 6.52. The molecule has 0 aliphatic carbocycles. The van der Waals surface area contributed by atoms with Crippen LogP contribution in [0.4, 0.5) is 0 Å². The monoisotopic (exact) mass is 199 g/mol. The number of piperidine rings is 1. The highest BCUT2D eigenvalue weighted by Gasteiger charge is 2.28. The third kappa shape index (κ3) is 2.47. The molecule has 14 heavy (non-hydrogen) atoms. The molecule has 1 fully saturated rings. The zero-order chi connectivity index (χ0) is 10.7. The predicted molar refractivity (Wildman–Crippen MR) is 51.8 cm³/mol. The van der Waals surface area contributed by atoms with E-state index in [-0.39, 0.29) is 17.7 Å². The van der Waals surface area contributed by atoms with E-state index in [0.29, 0.717) is 19.5 Å². The summed E-state index contributed by atoms with van der Waals surface area (Å²) in [6.45, 7) is 4.77. The maximum atomic E-state index is 11.6. The van der Waals surface area contributed by atoms with Gasteiger partial charge in [-0.1, -0.05) is 13.8 Å². The summed E-state index contributed by atoms with van der Waals surface area (Å²) >= 11 is 0. The summed E-state index contributed by atoms with van der Waals surface area (Å²) < 4.78 is 0. The highest BCUT2D eigenvalue weighted by atomic mass is 16.4. The van der Waals surface area contributed by atoms with Crippen LogP contribution in [0.25, 0.3) is 0 Å². The van der Waals surface area contributed by atoms with E-state index in [0.717, 1.165) is 6.42 Å². The molecule has 1 aliphatic heterocycles. The molecule has 0 spiro atoms. The molecule has 0 aromatic carbocycles. The van der Waals surface area contributed by atoms with Crippen molar-refractivity contribution in [1.82, 2.24) is 4.90 Å².